The highest BCUT2D eigenvalue weighted by Gasteiger charge is 2.41. The summed E-state index contributed by atoms with van der Waals surface area (Å²) in [6.45, 7) is 3.44. The third-order valence-corrected chi connectivity index (χ3v) is 3.98. The van der Waals surface area contributed by atoms with Gasteiger partial charge in [-0.05, 0) is 43.9 Å². The molecule has 1 aliphatic carbocycles. The Labute approximate surface area is 117 Å². The average molecular weight is 279 g/mol. The predicted octanol–water partition coefficient (Wildman–Crippen LogP) is 2.42. The number of carboxylic acid groups (broad SMARTS) is 1. The number of halogens is 1. The molecule has 0 aliphatic heterocycles. The third-order valence-electron chi connectivity index (χ3n) is 3.98. The van der Waals surface area contributed by atoms with Gasteiger partial charge in [0.2, 0.25) is 5.91 Å². The van der Waals surface area contributed by atoms with Gasteiger partial charge in [0, 0.05) is 0 Å². The van der Waals surface area contributed by atoms with Crippen molar-refractivity contribution in [2.75, 3.05) is 0 Å². The number of nitrogens with one attached hydrogen (secondary N) is 1. The zero-order valence-electron chi connectivity index (χ0n) is 11.5. The number of amides is 1. The van der Waals surface area contributed by atoms with E-state index in [4.69, 9.17) is 5.11 Å². The maximum absolute atomic E-state index is 13.5. The van der Waals surface area contributed by atoms with Gasteiger partial charge in [-0.2, -0.15) is 0 Å². The molecule has 20 heavy (non-hydrogen) atoms. The SMILES string of the molecule is Cc1ccc(C(C)NC(=O)C2CCC2C(=O)O)cc1F. The summed E-state index contributed by atoms with van der Waals surface area (Å²) >= 11 is 0. The summed E-state index contributed by atoms with van der Waals surface area (Å²) in [6.07, 6.45) is 1.14. The van der Waals surface area contributed by atoms with E-state index in [1.807, 2.05) is 0 Å². The minimum Gasteiger partial charge on any atom is -0.481 e. The summed E-state index contributed by atoms with van der Waals surface area (Å²) < 4.78 is 13.5. The van der Waals surface area contributed by atoms with Crippen LogP contribution in [0.1, 0.15) is 36.9 Å². The van der Waals surface area contributed by atoms with Crippen LogP contribution >= 0.6 is 0 Å². The van der Waals surface area contributed by atoms with Crippen molar-refractivity contribution >= 4 is 11.9 Å². The van der Waals surface area contributed by atoms with Crippen molar-refractivity contribution in [1.29, 1.82) is 0 Å². The van der Waals surface area contributed by atoms with Gasteiger partial charge in [0.15, 0.2) is 0 Å². The monoisotopic (exact) mass is 279 g/mol. The summed E-state index contributed by atoms with van der Waals surface area (Å²) in [4.78, 5) is 22.9. The Hall–Kier alpha value is -1.91. The van der Waals surface area contributed by atoms with Crippen LogP contribution in [0.5, 0.6) is 0 Å². The van der Waals surface area contributed by atoms with E-state index in [2.05, 4.69) is 5.32 Å². The molecule has 2 N–H and O–H groups in total. The second kappa shape index (κ2) is 5.61. The van der Waals surface area contributed by atoms with E-state index in [0.29, 0.717) is 24.0 Å². The fourth-order valence-electron chi connectivity index (χ4n) is 2.39. The molecular weight excluding hydrogens is 261 g/mol. The number of carbonyl (C=O) groups is 2. The lowest BCUT2D eigenvalue weighted by molar-refractivity contribution is -0.152. The Morgan fingerprint density at radius 2 is 2.00 bits per heavy atom. The molecule has 1 aromatic rings. The Morgan fingerprint density at radius 1 is 1.35 bits per heavy atom. The number of hydrogen-bond donors (Lipinski definition) is 2. The van der Waals surface area contributed by atoms with Crippen molar-refractivity contribution in [1.82, 2.24) is 5.32 Å². The summed E-state index contributed by atoms with van der Waals surface area (Å²) in [6, 6.07) is 4.48. The van der Waals surface area contributed by atoms with Crippen LogP contribution in [0.3, 0.4) is 0 Å². The second-order valence-electron chi connectivity index (χ2n) is 5.37. The number of benzene rings is 1. The fourth-order valence-corrected chi connectivity index (χ4v) is 2.39. The van der Waals surface area contributed by atoms with E-state index >= 15 is 0 Å². The van der Waals surface area contributed by atoms with Gasteiger partial charge >= 0.3 is 5.97 Å². The Kier molecular flexibility index (Phi) is 4.06. The van der Waals surface area contributed by atoms with Crippen LogP contribution in [0, 0.1) is 24.6 Å². The molecule has 3 unspecified atom stereocenters. The van der Waals surface area contributed by atoms with Crippen molar-refractivity contribution in [2.45, 2.75) is 32.7 Å². The summed E-state index contributed by atoms with van der Waals surface area (Å²) in [7, 11) is 0. The molecule has 1 aromatic carbocycles. The van der Waals surface area contributed by atoms with Crippen LogP contribution in [-0.2, 0) is 9.59 Å². The van der Waals surface area contributed by atoms with Gasteiger partial charge in [-0.25, -0.2) is 4.39 Å². The van der Waals surface area contributed by atoms with Crippen LogP contribution in [0.25, 0.3) is 0 Å². The smallest absolute Gasteiger partial charge is 0.307 e. The van der Waals surface area contributed by atoms with Gasteiger partial charge in [-0.3, -0.25) is 9.59 Å². The highest BCUT2D eigenvalue weighted by molar-refractivity contribution is 5.86. The first-order valence-electron chi connectivity index (χ1n) is 6.69. The van der Waals surface area contributed by atoms with Crippen LogP contribution in [0.2, 0.25) is 0 Å². The number of carbonyl (C=O) groups excluding carboxylic acids is 1. The minimum atomic E-state index is -0.926. The zero-order chi connectivity index (χ0) is 14.9. The number of aliphatic carboxylic acids is 1. The first-order valence-corrected chi connectivity index (χ1v) is 6.69. The quantitative estimate of drug-likeness (QED) is 0.889. The first-order chi connectivity index (χ1) is 9.40. The van der Waals surface area contributed by atoms with Crippen LogP contribution in [-0.4, -0.2) is 17.0 Å². The molecule has 5 heteroatoms. The van der Waals surface area contributed by atoms with Crippen molar-refractivity contribution in [3.05, 3.63) is 35.1 Å². The van der Waals surface area contributed by atoms with Crippen molar-refractivity contribution in [3.63, 3.8) is 0 Å². The lowest BCUT2D eigenvalue weighted by atomic mass is 9.73. The average Bonchev–Trinajstić information content (AvgIpc) is 2.30. The van der Waals surface area contributed by atoms with Gasteiger partial charge < -0.3 is 10.4 Å². The summed E-state index contributed by atoms with van der Waals surface area (Å²) in [5, 5.41) is 11.7. The highest BCUT2D eigenvalue weighted by atomic mass is 19.1. The van der Waals surface area contributed by atoms with Gasteiger partial charge in [0.25, 0.3) is 0 Å². The lowest BCUT2D eigenvalue weighted by Crippen LogP contribution is -2.44. The molecule has 1 saturated carbocycles. The van der Waals surface area contributed by atoms with Crippen molar-refractivity contribution < 1.29 is 19.1 Å². The largest absolute Gasteiger partial charge is 0.481 e. The Balaban J connectivity index is 2.00. The molecular formula is C15H18FNO3. The van der Waals surface area contributed by atoms with E-state index in [-0.39, 0.29) is 17.8 Å². The van der Waals surface area contributed by atoms with Crippen LogP contribution in [0.4, 0.5) is 4.39 Å². The topological polar surface area (TPSA) is 66.4 Å². The molecule has 1 fully saturated rings. The van der Waals surface area contributed by atoms with Gasteiger partial charge in [0.1, 0.15) is 5.82 Å². The molecule has 108 valence electrons. The maximum Gasteiger partial charge on any atom is 0.307 e. The van der Waals surface area contributed by atoms with E-state index in [1.54, 1.807) is 26.0 Å². The number of rotatable bonds is 4. The molecule has 1 amide bonds. The molecule has 1 aliphatic rings. The van der Waals surface area contributed by atoms with E-state index < -0.39 is 17.8 Å². The second-order valence-corrected chi connectivity index (χ2v) is 5.37. The molecule has 0 radical (unpaired) electrons. The highest BCUT2D eigenvalue weighted by Crippen LogP contribution is 2.35. The molecule has 4 nitrogen and oxygen atoms in total. The maximum atomic E-state index is 13.5. The van der Waals surface area contributed by atoms with E-state index in [9.17, 15) is 14.0 Å². The lowest BCUT2D eigenvalue weighted by Gasteiger charge is -2.33. The molecule has 0 heterocycles. The number of carboxylic acids is 1. The molecule has 3 atom stereocenters. The first kappa shape index (κ1) is 14.5. The number of aryl methyl sites for hydroxylation is 1. The molecule has 2 rings (SSSR count). The normalized spacial score (nSPS) is 22.8. The van der Waals surface area contributed by atoms with E-state index in [0.717, 1.165) is 0 Å². The van der Waals surface area contributed by atoms with Crippen molar-refractivity contribution in [3.8, 4) is 0 Å². The van der Waals surface area contributed by atoms with Gasteiger partial charge in [-0.1, -0.05) is 12.1 Å². The molecule has 0 aromatic heterocycles. The van der Waals surface area contributed by atoms with Crippen molar-refractivity contribution in [2.24, 2.45) is 11.8 Å². The molecule has 0 spiro atoms. The van der Waals surface area contributed by atoms with Gasteiger partial charge in [-0.15, -0.1) is 0 Å². The minimum absolute atomic E-state index is 0.267. The molecule has 0 saturated heterocycles. The zero-order valence-corrected chi connectivity index (χ0v) is 11.5. The molecule has 0 bridgehead atoms. The van der Waals surface area contributed by atoms with Crippen LogP contribution < -0.4 is 5.32 Å². The van der Waals surface area contributed by atoms with Crippen LogP contribution in [0.15, 0.2) is 18.2 Å². The number of hydrogen-bond acceptors (Lipinski definition) is 2. The summed E-state index contributed by atoms with van der Waals surface area (Å²) in [5.74, 6) is -2.56. The standard InChI is InChI=1S/C15H18FNO3/c1-8-3-4-10(7-13(8)16)9(2)17-14(18)11-5-6-12(11)15(19)20/h3-4,7,9,11-12H,5-6H2,1-2H3,(H,17,18)(H,19,20). The van der Waals surface area contributed by atoms with E-state index in [1.165, 1.54) is 6.07 Å². The predicted molar refractivity (Wildman–Crippen MR) is 71.5 cm³/mol. The Bertz CT molecular complexity index is 544. The van der Waals surface area contributed by atoms with Gasteiger partial charge in [0.05, 0.1) is 17.9 Å². The fraction of sp³-hybridized carbons (Fsp3) is 0.467. The summed E-state index contributed by atoms with van der Waals surface area (Å²) in [5.41, 5.74) is 1.23. The Morgan fingerprint density at radius 3 is 2.50 bits per heavy atom. The third kappa shape index (κ3) is 2.81.